The highest BCUT2D eigenvalue weighted by Gasteiger charge is 2.24. The molecular weight excluding hydrogens is 310 g/mol. The second-order valence-corrected chi connectivity index (χ2v) is 6.30. The summed E-state index contributed by atoms with van der Waals surface area (Å²) in [5.41, 5.74) is 0. The maximum absolute atomic E-state index is 12.2. The van der Waals surface area contributed by atoms with E-state index in [2.05, 4.69) is 10.2 Å². The standard InChI is InChI=1S/C17H25N3O4/c21-16(5-6-18-17(22)15-4-2-12-24-15)20-9-7-19(8-10-20)13-14-3-1-11-23-14/h2,4,12,14H,1,3,5-11,13H2,(H,18,22). The number of nitrogens with one attached hydrogen (secondary N) is 1. The quantitative estimate of drug-likeness (QED) is 0.829. The first-order valence-corrected chi connectivity index (χ1v) is 8.66. The van der Waals surface area contributed by atoms with Crippen molar-refractivity contribution >= 4 is 11.8 Å². The molecule has 1 N–H and O–H groups in total. The zero-order valence-electron chi connectivity index (χ0n) is 13.9. The molecule has 132 valence electrons. The summed E-state index contributed by atoms with van der Waals surface area (Å²) in [6.45, 7) is 5.46. The Morgan fingerprint density at radius 3 is 2.75 bits per heavy atom. The molecule has 0 bridgehead atoms. The molecule has 0 aliphatic carbocycles. The SMILES string of the molecule is O=C(NCCC(=O)N1CCN(CC2CCCO2)CC1)c1ccco1. The highest BCUT2D eigenvalue weighted by molar-refractivity contribution is 5.91. The summed E-state index contributed by atoms with van der Waals surface area (Å²) >= 11 is 0. The van der Waals surface area contributed by atoms with E-state index in [1.165, 1.54) is 6.26 Å². The van der Waals surface area contributed by atoms with Gasteiger partial charge in [-0.15, -0.1) is 0 Å². The van der Waals surface area contributed by atoms with Crippen LogP contribution in [0.2, 0.25) is 0 Å². The lowest BCUT2D eigenvalue weighted by Crippen LogP contribution is -2.50. The van der Waals surface area contributed by atoms with Crippen molar-refractivity contribution < 1.29 is 18.7 Å². The van der Waals surface area contributed by atoms with Gasteiger partial charge in [-0.1, -0.05) is 0 Å². The number of carbonyl (C=O) groups is 2. The molecular formula is C17H25N3O4. The van der Waals surface area contributed by atoms with Crippen molar-refractivity contribution in [2.24, 2.45) is 0 Å². The van der Waals surface area contributed by atoms with Gasteiger partial charge in [0.2, 0.25) is 5.91 Å². The topological polar surface area (TPSA) is 75.0 Å². The fourth-order valence-corrected chi connectivity index (χ4v) is 3.19. The molecule has 0 spiro atoms. The molecule has 0 aromatic carbocycles. The number of hydrogen-bond acceptors (Lipinski definition) is 5. The van der Waals surface area contributed by atoms with Gasteiger partial charge >= 0.3 is 0 Å². The van der Waals surface area contributed by atoms with Gasteiger partial charge in [0.25, 0.3) is 5.91 Å². The van der Waals surface area contributed by atoms with E-state index >= 15 is 0 Å². The Labute approximate surface area is 141 Å². The number of ether oxygens (including phenoxy) is 1. The molecule has 2 fully saturated rings. The Morgan fingerprint density at radius 1 is 1.25 bits per heavy atom. The summed E-state index contributed by atoms with van der Waals surface area (Å²) in [5, 5.41) is 2.70. The minimum absolute atomic E-state index is 0.0894. The van der Waals surface area contributed by atoms with Crippen molar-refractivity contribution in [1.82, 2.24) is 15.1 Å². The third-order valence-corrected chi connectivity index (χ3v) is 4.58. The van der Waals surface area contributed by atoms with Crippen LogP contribution in [0.25, 0.3) is 0 Å². The van der Waals surface area contributed by atoms with Crippen LogP contribution in [0, 0.1) is 0 Å². The summed E-state index contributed by atoms with van der Waals surface area (Å²) in [6.07, 6.45) is 4.44. The molecule has 7 nitrogen and oxygen atoms in total. The number of carbonyl (C=O) groups excluding carboxylic acids is 2. The molecule has 2 aliphatic heterocycles. The van der Waals surface area contributed by atoms with Crippen LogP contribution in [0.1, 0.15) is 29.8 Å². The molecule has 3 heterocycles. The van der Waals surface area contributed by atoms with Crippen molar-refractivity contribution in [1.29, 1.82) is 0 Å². The molecule has 0 radical (unpaired) electrons. The summed E-state index contributed by atoms with van der Waals surface area (Å²) in [7, 11) is 0. The molecule has 1 unspecified atom stereocenters. The van der Waals surface area contributed by atoms with Gasteiger partial charge in [-0.25, -0.2) is 0 Å². The maximum Gasteiger partial charge on any atom is 0.286 e. The number of hydrogen-bond donors (Lipinski definition) is 1. The molecule has 1 atom stereocenters. The number of furan rings is 1. The Balaban J connectivity index is 1.32. The van der Waals surface area contributed by atoms with Crippen molar-refractivity contribution in [2.75, 3.05) is 45.9 Å². The van der Waals surface area contributed by atoms with Gasteiger partial charge in [-0.2, -0.15) is 0 Å². The van der Waals surface area contributed by atoms with Gasteiger partial charge in [-0.05, 0) is 25.0 Å². The minimum atomic E-state index is -0.283. The van der Waals surface area contributed by atoms with Crippen LogP contribution in [0.3, 0.4) is 0 Å². The molecule has 2 aliphatic rings. The van der Waals surface area contributed by atoms with Crippen LogP contribution < -0.4 is 5.32 Å². The summed E-state index contributed by atoms with van der Waals surface area (Å²) in [6, 6.07) is 3.26. The Kier molecular flexibility index (Phi) is 5.87. The van der Waals surface area contributed by atoms with Crippen molar-refractivity contribution in [3.63, 3.8) is 0 Å². The Bertz CT molecular complexity index is 532. The van der Waals surface area contributed by atoms with E-state index in [9.17, 15) is 9.59 Å². The third kappa shape index (κ3) is 4.58. The zero-order chi connectivity index (χ0) is 16.8. The highest BCUT2D eigenvalue weighted by Crippen LogP contribution is 2.14. The lowest BCUT2D eigenvalue weighted by molar-refractivity contribution is -0.132. The Hall–Kier alpha value is -1.86. The largest absolute Gasteiger partial charge is 0.459 e. The monoisotopic (exact) mass is 335 g/mol. The van der Waals surface area contributed by atoms with Crippen molar-refractivity contribution in [3.05, 3.63) is 24.2 Å². The summed E-state index contributed by atoms with van der Waals surface area (Å²) < 4.78 is 10.7. The number of piperazine rings is 1. The molecule has 2 saturated heterocycles. The van der Waals surface area contributed by atoms with Crippen LogP contribution in [-0.2, 0) is 9.53 Å². The summed E-state index contributed by atoms with van der Waals surface area (Å²) in [5.74, 6) is 0.0749. The molecule has 7 heteroatoms. The van der Waals surface area contributed by atoms with Gasteiger partial charge in [0, 0.05) is 52.3 Å². The third-order valence-electron chi connectivity index (χ3n) is 4.58. The molecule has 24 heavy (non-hydrogen) atoms. The van der Waals surface area contributed by atoms with Crippen LogP contribution in [0.15, 0.2) is 22.8 Å². The second kappa shape index (κ2) is 8.30. The summed E-state index contributed by atoms with van der Waals surface area (Å²) in [4.78, 5) is 28.2. The zero-order valence-corrected chi connectivity index (χ0v) is 13.9. The van der Waals surface area contributed by atoms with Crippen molar-refractivity contribution in [2.45, 2.75) is 25.4 Å². The smallest absolute Gasteiger partial charge is 0.286 e. The van der Waals surface area contributed by atoms with Gasteiger partial charge < -0.3 is 19.4 Å². The molecule has 3 rings (SSSR count). The maximum atomic E-state index is 12.2. The fourth-order valence-electron chi connectivity index (χ4n) is 3.19. The van der Waals surface area contributed by atoms with Gasteiger partial charge in [0.1, 0.15) is 0 Å². The van der Waals surface area contributed by atoms with Gasteiger partial charge in [0.15, 0.2) is 5.76 Å². The average molecular weight is 335 g/mol. The lowest BCUT2D eigenvalue weighted by Gasteiger charge is -2.35. The van der Waals surface area contributed by atoms with Crippen LogP contribution >= 0.6 is 0 Å². The second-order valence-electron chi connectivity index (χ2n) is 6.30. The van der Waals surface area contributed by atoms with Crippen LogP contribution in [0.4, 0.5) is 0 Å². The first-order chi connectivity index (χ1) is 11.7. The fraction of sp³-hybridized carbons (Fsp3) is 0.647. The number of nitrogens with zero attached hydrogens (tertiary/aromatic N) is 2. The molecule has 1 aromatic rings. The first kappa shape index (κ1) is 17.0. The average Bonchev–Trinajstić information content (AvgIpc) is 3.29. The molecule has 1 aromatic heterocycles. The van der Waals surface area contributed by atoms with E-state index in [0.717, 1.165) is 52.2 Å². The Morgan fingerprint density at radius 2 is 2.08 bits per heavy atom. The lowest BCUT2D eigenvalue weighted by atomic mass is 10.2. The van der Waals surface area contributed by atoms with E-state index in [1.807, 2.05) is 4.90 Å². The predicted octanol–water partition coefficient (Wildman–Crippen LogP) is 0.723. The van der Waals surface area contributed by atoms with Gasteiger partial charge in [-0.3, -0.25) is 14.5 Å². The van der Waals surface area contributed by atoms with Crippen molar-refractivity contribution in [3.8, 4) is 0 Å². The number of amides is 2. The van der Waals surface area contributed by atoms with E-state index in [4.69, 9.17) is 9.15 Å². The molecule has 2 amide bonds. The van der Waals surface area contributed by atoms with Crippen LogP contribution in [-0.4, -0.2) is 73.6 Å². The number of rotatable bonds is 6. The van der Waals surface area contributed by atoms with E-state index in [0.29, 0.717) is 19.1 Å². The van der Waals surface area contributed by atoms with Gasteiger partial charge in [0.05, 0.1) is 12.4 Å². The highest BCUT2D eigenvalue weighted by atomic mass is 16.5. The predicted molar refractivity (Wildman–Crippen MR) is 87.7 cm³/mol. The minimum Gasteiger partial charge on any atom is -0.459 e. The molecule has 0 saturated carbocycles. The van der Waals surface area contributed by atoms with E-state index < -0.39 is 0 Å². The normalized spacial score (nSPS) is 21.8. The van der Waals surface area contributed by atoms with Crippen LogP contribution in [0.5, 0.6) is 0 Å². The van der Waals surface area contributed by atoms with E-state index in [1.54, 1.807) is 12.1 Å². The first-order valence-electron chi connectivity index (χ1n) is 8.66. The van der Waals surface area contributed by atoms with E-state index in [-0.39, 0.29) is 17.6 Å².